The maximum absolute atomic E-state index is 12.4. The lowest BCUT2D eigenvalue weighted by atomic mass is 10.2. The normalized spacial score (nSPS) is 10.2. The standard InChI is InChI=1S/C19H17ClN4O2/c1-26-17-5-4-15(20)10-16(17)24-18-9-14(6-8-22-18)19(25)23-12-13-3-2-7-21-11-13/h2-11H,12H2,1H3,(H,22,24)(H,23,25). The second-order valence-electron chi connectivity index (χ2n) is 5.44. The molecule has 0 saturated carbocycles. The van der Waals surface area contributed by atoms with E-state index in [1.807, 2.05) is 12.1 Å². The van der Waals surface area contributed by atoms with Crippen molar-refractivity contribution in [3.63, 3.8) is 0 Å². The summed E-state index contributed by atoms with van der Waals surface area (Å²) in [6.07, 6.45) is 4.97. The predicted molar refractivity (Wildman–Crippen MR) is 101 cm³/mol. The molecule has 132 valence electrons. The van der Waals surface area contributed by atoms with Crippen molar-refractivity contribution in [3.8, 4) is 5.75 Å². The summed E-state index contributed by atoms with van der Waals surface area (Å²) < 4.78 is 5.30. The molecule has 26 heavy (non-hydrogen) atoms. The summed E-state index contributed by atoms with van der Waals surface area (Å²) in [6, 6.07) is 12.3. The quantitative estimate of drug-likeness (QED) is 0.691. The van der Waals surface area contributed by atoms with Crippen LogP contribution < -0.4 is 15.4 Å². The minimum absolute atomic E-state index is 0.197. The number of benzene rings is 1. The molecule has 3 aromatic rings. The van der Waals surface area contributed by atoms with Crippen LogP contribution in [0.1, 0.15) is 15.9 Å². The van der Waals surface area contributed by atoms with E-state index in [1.165, 1.54) is 0 Å². The van der Waals surface area contributed by atoms with Gasteiger partial charge < -0.3 is 15.4 Å². The van der Waals surface area contributed by atoms with Gasteiger partial charge in [0.25, 0.3) is 5.91 Å². The number of anilines is 2. The Hall–Kier alpha value is -3.12. The summed E-state index contributed by atoms with van der Waals surface area (Å²) in [4.78, 5) is 20.6. The summed E-state index contributed by atoms with van der Waals surface area (Å²) in [6.45, 7) is 0.403. The zero-order valence-corrected chi connectivity index (χ0v) is 14.8. The van der Waals surface area contributed by atoms with E-state index in [2.05, 4.69) is 20.6 Å². The minimum atomic E-state index is -0.197. The maximum Gasteiger partial charge on any atom is 0.251 e. The average Bonchev–Trinajstić information content (AvgIpc) is 2.67. The van der Waals surface area contributed by atoms with Crippen LogP contribution in [0.5, 0.6) is 5.75 Å². The van der Waals surface area contributed by atoms with Gasteiger partial charge in [-0.15, -0.1) is 0 Å². The number of hydrogen-bond acceptors (Lipinski definition) is 5. The Kier molecular flexibility index (Phi) is 5.66. The van der Waals surface area contributed by atoms with Crippen LogP contribution in [0.4, 0.5) is 11.5 Å². The molecule has 6 nitrogen and oxygen atoms in total. The summed E-state index contributed by atoms with van der Waals surface area (Å²) >= 11 is 6.04. The number of carbonyl (C=O) groups is 1. The van der Waals surface area contributed by atoms with E-state index in [9.17, 15) is 4.79 Å². The van der Waals surface area contributed by atoms with Gasteiger partial charge in [0.2, 0.25) is 0 Å². The van der Waals surface area contributed by atoms with E-state index in [1.54, 1.807) is 56.0 Å². The predicted octanol–water partition coefficient (Wildman–Crippen LogP) is 3.81. The molecule has 0 radical (unpaired) electrons. The molecule has 0 fully saturated rings. The van der Waals surface area contributed by atoms with Gasteiger partial charge in [0, 0.05) is 35.7 Å². The highest BCUT2D eigenvalue weighted by Gasteiger charge is 2.09. The van der Waals surface area contributed by atoms with Gasteiger partial charge in [-0.05, 0) is 42.0 Å². The van der Waals surface area contributed by atoms with E-state index >= 15 is 0 Å². The fourth-order valence-corrected chi connectivity index (χ4v) is 2.52. The second kappa shape index (κ2) is 8.31. The third-order valence-corrected chi connectivity index (χ3v) is 3.86. The monoisotopic (exact) mass is 368 g/mol. The summed E-state index contributed by atoms with van der Waals surface area (Å²) in [5.74, 6) is 0.944. The molecule has 3 rings (SSSR count). The average molecular weight is 369 g/mol. The van der Waals surface area contributed by atoms with Crippen LogP contribution in [0.2, 0.25) is 5.02 Å². The summed E-state index contributed by atoms with van der Waals surface area (Å²) in [7, 11) is 1.57. The Morgan fingerprint density at radius 3 is 2.85 bits per heavy atom. The lowest BCUT2D eigenvalue weighted by molar-refractivity contribution is 0.0951. The fraction of sp³-hybridized carbons (Fsp3) is 0.105. The van der Waals surface area contributed by atoms with Gasteiger partial charge in [-0.2, -0.15) is 0 Å². The lowest BCUT2D eigenvalue weighted by Crippen LogP contribution is -2.23. The number of rotatable bonds is 6. The molecule has 1 amide bonds. The third-order valence-electron chi connectivity index (χ3n) is 3.62. The van der Waals surface area contributed by atoms with Gasteiger partial charge in [-0.25, -0.2) is 4.98 Å². The Balaban J connectivity index is 1.72. The van der Waals surface area contributed by atoms with Gasteiger partial charge in [0.1, 0.15) is 11.6 Å². The first kappa shape index (κ1) is 17.7. The largest absolute Gasteiger partial charge is 0.495 e. The maximum atomic E-state index is 12.4. The topological polar surface area (TPSA) is 76.1 Å². The van der Waals surface area contributed by atoms with Crippen LogP contribution in [0.25, 0.3) is 0 Å². The number of ether oxygens (including phenoxy) is 1. The van der Waals surface area contributed by atoms with Crippen LogP contribution in [-0.2, 0) is 6.54 Å². The Morgan fingerprint density at radius 1 is 1.19 bits per heavy atom. The van der Waals surface area contributed by atoms with Crippen LogP contribution in [-0.4, -0.2) is 23.0 Å². The number of hydrogen-bond donors (Lipinski definition) is 2. The fourth-order valence-electron chi connectivity index (χ4n) is 2.34. The van der Waals surface area contributed by atoms with Crippen molar-refractivity contribution in [1.82, 2.24) is 15.3 Å². The molecule has 0 bridgehead atoms. The van der Waals surface area contributed by atoms with Crippen LogP contribution in [0.15, 0.2) is 61.1 Å². The molecule has 2 N–H and O–H groups in total. The SMILES string of the molecule is COc1ccc(Cl)cc1Nc1cc(C(=O)NCc2cccnc2)ccn1. The molecule has 0 saturated heterocycles. The van der Waals surface area contributed by atoms with Gasteiger partial charge in [0.05, 0.1) is 12.8 Å². The van der Waals surface area contributed by atoms with Crippen molar-refractivity contribution >= 4 is 29.0 Å². The number of aromatic nitrogens is 2. The number of nitrogens with zero attached hydrogens (tertiary/aromatic N) is 2. The first-order valence-corrected chi connectivity index (χ1v) is 8.27. The lowest BCUT2D eigenvalue weighted by Gasteiger charge is -2.12. The molecule has 7 heteroatoms. The zero-order valence-electron chi connectivity index (χ0n) is 14.1. The smallest absolute Gasteiger partial charge is 0.251 e. The number of pyridine rings is 2. The van der Waals surface area contributed by atoms with Crippen molar-refractivity contribution in [3.05, 3.63) is 77.2 Å². The van der Waals surface area contributed by atoms with Crippen molar-refractivity contribution in [1.29, 1.82) is 0 Å². The molecule has 0 aliphatic rings. The molecule has 0 atom stereocenters. The molecule has 2 aromatic heterocycles. The van der Waals surface area contributed by atoms with Crippen molar-refractivity contribution in [2.45, 2.75) is 6.54 Å². The molecular formula is C19H17ClN4O2. The van der Waals surface area contributed by atoms with E-state index in [-0.39, 0.29) is 5.91 Å². The van der Waals surface area contributed by atoms with Gasteiger partial charge in [-0.1, -0.05) is 17.7 Å². The van der Waals surface area contributed by atoms with Crippen LogP contribution in [0, 0.1) is 0 Å². The van der Waals surface area contributed by atoms with Crippen molar-refractivity contribution in [2.75, 3.05) is 12.4 Å². The van der Waals surface area contributed by atoms with Gasteiger partial charge in [-0.3, -0.25) is 9.78 Å². The van der Waals surface area contributed by atoms with E-state index in [0.717, 1.165) is 5.56 Å². The molecule has 2 heterocycles. The number of carbonyl (C=O) groups excluding carboxylic acids is 1. The van der Waals surface area contributed by atoms with Gasteiger partial charge >= 0.3 is 0 Å². The van der Waals surface area contributed by atoms with Crippen molar-refractivity contribution in [2.24, 2.45) is 0 Å². The first-order chi connectivity index (χ1) is 12.7. The molecule has 0 unspecified atom stereocenters. The van der Waals surface area contributed by atoms with Crippen molar-refractivity contribution < 1.29 is 9.53 Å². The molecule has 0 aliphatic heterocycles. The first-order valence-electron chi connectivity index (χ1n) is 7.89. The zero-order chi connectivity index (χ0) is 18.4. The minimum Gasteiger partial charge on any atom is -0.495 e. The summed E-state index contributed by atoms with van der Waals surface area (Å²) in [5, 5.41) is 6.55. The summed E-state index contributed by atoms with van der Waals surface area (Å²) in [5.41, 5.74) is 2.09. The number of halogens is 1. The third kappa shape index (κ3) is 4.49. The second-order valence-corrected chi connectivity index (χ2v) is 5.88. The molecule has 1 aromatic carbocycles. The van der Waals surface area contributed by atoms with E-state index in [4.69, 9.17) is 16.3 Å². The Labute approximate surface area is 156 Å². The highest BCUT2D eigenvalue weighted by Crippen LogP contribution is 2.30. The van der Waals surface area contributed by atoms with E-state index in [0.29, 0.717) is 34.4 Å². The highest BCUT2D eigenvalue weighted by atomic mass is 35.5. The Morgan fingerprint density at radius 2 is 2.08 bits per heavy atom. The van der Waals surface area contributed by atoms with Gasteiger partial charge in [0.15, 0.2) is 0 Å². The number of amides is 1. The van der Waals surface area contributed by atoms with Crippen LogP contribution in [0.3, 0.4) is 0 Å². The highest BCUT2D eigenvalue weighted by molar-refractivity contribution is 6.31. The number of nitrogens with one attached hydrogen (secondary N) is 2. The molecule has 0 spiro atoms. The molecular weight excluding hydrogens is 352 g/mol. The number of methoxy groups -OCH3 is 1. The molecule has 0 aliphatic carbocycles. The van der Waals surface area contributed by atoms with Crippen LogP contribution >= 0.6 is 11.6 Å². The van der Waals surface area contributed by atoms with E-state index < -0.39 is 0 Å². The Bertz CT molecular complexity index is 903.